The Morgan fingerprint density at radius 2 is 2.19 bits per heavy atom. The molecule has 0 radical (unpaired) electrons. The summed E-state index contributed by atoms with van der Waals surface area (Å²) in [6.45, 7) is -0.670. The van der Waals surface area contributed by atoms with Gasteiger partial charge in [-0.3, -0.25) is 19.7 Å². The Kier molecular flexibility index (Phi) is 4.53. The van der Waals surface area contributed by atoms with Crippen LogP contribution in [-0.2, 0) is 14.4 Å². The SMILES string of the molecule is NC1CNC(=O)CC(C(=O)CO)NCC1=O. The van der Waals surface area contributed by atoms with Gasteiger partial charge >= 0.3 is 0 Å². The lowest BCUT2D eigenvalue weighted by molar-refractivity contribution is -0.128. The molecule has 1 amide bonds. The van der Waals surface area contributed by atoms with Crippen LogP contribution in [0.1, 0.15) is 6.42 Å². The molecule has 0 saturated carbocycles. The van der Waals surface area contributed by atoms with Crippen molar-refractivity contribution in [3.8, 4) is 0 Å². The van der Waals surface area contributed by atoms with E-state index in [4.69, 9.17) is 10.8 Å². The van der Waals surface area contributed by atoms with Gasteiger partial charge in [-0.2, -0.15) is 0 Å². The summed E-state index contributed by atoms with van der Waals surface area (Å²) in [7, 11) is 0. The first-order chi connectivity index (χ1) is 7.54. The number of rotatable bonds is 2. The average molecular weight is 229 g/mol. The lowest BCUT2D eigenvalue weighted by Crippen LogP contribution is -2.45. The highest BCUT2D eigenvalue weighted by Crippen LogP contribution is 1.97. The molecular formula is C9H15N3O4. The van der Waals surface area contributed by atoms with E-state index in [1.807, 2.05) is 0 Å². The van der Waals surface area contributed by atoms with Crippen molar-refractivity contribution in [2.45, 2.75) is 18.5 Å². The zero-order valence-corrected chi connectivity index (χ0v) is 8.73. The summed E-state index contributed by atoms with van der Waals surface area (Å²) in [6.07, 6.45) is -0.0978. The fourth-order valence-corrected chi connectivity index (χ4v) is 1.36. The third-order valence-electron chi connectivity index (χ3n) is 2.39. The summed E-state index contributed by atoms with van der Waals surface area (Å²) in [4.78, 5) is 33.9. The second-order valence-electron chi connectivity index (χ2n) is 3.64. The number of hydrogen-bond donors (Lipinski definition) is 4. The van der Waals surface area contributed by atoms with Gasteiger partial charge in [0.2, 0.25) is 5.91 Å². The van der Waals surface area contributed by atoms with E-state index >= 15 is 0 Å². The molecule has 0 aromatic rings. The fraction of sp³-hybridized carbons (Fsp3) is 0.667. The quantitative estimate of drug-likeness (QED) is 0.398. The van der Waals surface area contributed by atoms with Crippen LogP contribution in [0.15, 0.2) is 0 Å². The van der Waals surface area contributed by atoms with E-state index in [0.29, 0.717) is 0 Å². The molecule has 2 atom stereocenters. The maximum absolute atomic E-state index is 11.4. The van der Waals surface area contributed by atoms with Crippen LogP contribution in [0.3, 0.4) is 0 Å². The normalized spacial score (nSPS) is 27.6. The van der Waals surface area contributed by atoms with Crippen molar-refractivity contribution in [2.75, 3.05) is 19.7 Å². The molecule has 1 saturated heterocycles. The minimum atomic E-state index is -0.834. The average Bonchev–Trinajstić information content (AvgIpc) is 2.34. The van der Waals surface area contributed by atoms with Crippen LogP contribution in [0.2, 0.25) is 0 Å². The van der Waals surface area contributed by atoms with Gasteiger partial charge in [0.25, 0.3) is 0 Å². The molecule has 1 aliphatic rings. The van der Waals surface area contributed by atoms with Crippen molar-refractivity contribution in [1.82, 2.24) is 10.6 Å². The monoisotopic (exact) mass is 229 g/mol. The highest BCUT2D eigenvalue weighted by molar-refractivity contribution is 5.93. The number of ketones is 2. The molecule has 1 aliphatic heterocycles. The summed E-state index contributed by atoms with van der Waals surface area (Å²) in [5, 5.41) is 13.8. The molecule has 0 aromatic heterocycles. The summed E-state index contributed by atoms with van der Waals surface area (Å²) in [6, 6.07) is -1.60. The first-order valence-corrected chi connectivity index (χ1v) is 4.96. The number of aliphatic hydroxyl groups is 1. The van der Waals surface area contributed by atoms with E-state index in [2.05, 4.69) is 10.6 Å². The topological polar surface area (TPSA) is 122 Å². The second-order valence-corrected chi connectivity index (χ2v) is 3.64. The number of hydrogen-bond acceptors (Lipinski definition) is 6. The minimum Gasteiger partial charge on any atom is -0.389 e. The predicted molar refractivity (Wildman–Crippen MR) is 54.5 cm³/mol. The third kappa shape index (κ3) is 3.37. The second kappa shape index (κ2) is 5.69. The van der Waals surface area contributed by atoms with Crippen LogP contribution in [0.4, 0.5) is 0 Å². The van der Waals surface area contributed by atoms with Crippen LogP contribution in [0.25, 0.3) is 0 Å². The molecule has 0 bridgehead atoms. The molecule has 0 spiro atoms. The van der Waals surface area contributed by atoms with E-state index in [1.165, 1.54) is 0 Å². The maximum Gasteiger partial charge on any atom is 0.222 e. The molecule has 0 aliphatic carbocycles. The Balaban J connectivity index is 2.70. The number of nitrogens with two attached hydrogens (primary N) is 1. The summed E-state index contributed by atoms with van der Waals surface area (Å²) >= 11 is 0. The molecule has 1 fully saturated rings. The smallest absolute Gasteiger partial charge is 0.222 e. The maximum atomic E-state index is 11.4. The molecule has 0 aromatic carbocycles. The van der Waals surface area contributed by atoms with Gasteiger partial charge in [-0.15, -0.1) is 0 Å². The van der Waals surface area contributed by atoms with Crippen molar-refractivity contribution in [3.05, 3.63) is 0 Å². The van der Waals surface area contributed by atoms with Gasteiger partial charge in [-0.25, -0.2) is 0 Å². The summed E-state index contributed by atoms with van der Waals surface area (Å²) < 4.78 is 0. The van der Waals surface area contributed by atoms with E-state index in [1.54, 1.807) is 0 Å². The van der Waals surface area contributed by atoms with E-state index in [-0.39, 0.29) is 31.2 Å². The van der Waals surface area contributed by atoms with Crippen LogP contribution < -0.4 is 16.4 Å². The zero-order chi connectivity index (χ0) is 12.1. The number of Topliss-reactive ketones (excluding diaryl/α,β-unsaturated/α-hetero) is 2. The van der Waals surface area contributed by atoms with Gasteiger partial charge in [0.15, 0.2) is 11.6 Å². The van der Waals surface area contributed by atoms with Crippen molar-refractivity contribution in [2.24, 2.45) is 5.73 Å². The highest BCUT2D eigenvalue weighted by atomic mass is 16.3. The molecule has 1 heterocycles. The van der Waals surface area contributed by atoms with E-state index < -0.39 is 24.5 Å². The fourth-order valence-electron chi connectivity index (χ4n) is 1.36. The first-order valence-electron chi connectivity index (χ1n) is 4.96. The molecule has 1 rings (SSSR count). The Bertz CT molecular complexity index is 305. The molecule has 7 nitrogen and oxygen atoms in total. The van der Waals surface area contributed by atoms with Gasteiger partial charge in [0.05, 0.1) is 18.6 Å². The Hall–Kier alpha value is -1.31. The number of amides is 1. The van der Waals surface area contributed by atoms with Gasteiger partial charge in [0.1, 0.15) is 6.61 Å². The zero-order valence-electron chi connectivity index (χ0n) is 8.73. The van der Waals surface area contributed by atoms with Crippen LogP contribution in [0.5, 0.6) is 0 Å². The van der Waals surface area contributed by atoms with Gasteiger partial charge in [-0.1, -0.05) is 0 Å². The van der Waals surface area contributed by atoms with Gasteiger partial charge in [0, 0.05) is 13.0 Å². The lowest BCUT2D eigenvalue weighted by atomic mass is 10.1. The standard InChI is InChI=1S/C9H15N3O4/c10-5-2-12-9(16)1-6(8(15)4-13)11-3-7(5)14/h5-6,11,13H,1-4,10H2,(H,12,16). The molecule has 90 valence electrons. The van der Waals surface area contributed by atoms with E-state index in [0.717, 1.165) is 0 Å². The summed E-state index contributed by atoms with van der Waals surface area (Å²) in [5.74, 6) is -1.17. The Morgan fingerprint density at radius 1 is 1.50 bits per heavy atom. The van der Waals surface area contributed by atoms with Crippen molar-refractivity contribution < 1.29 is 19.5 Å². The van der Waals surface area contributed by atoms with Crippen molar-refractivity contribution in [1.29, 1.82) is 0 Å². The number of carbonyl (C=O) groups is 3. The third-order valence-corrected chi connectivity index (χ3v) is 2.39. The largest absolute Gasteiger partial charge is 0.389 e. The summed E-state index contributed by atoms with van der Waals surface area (Å²) in [5.41, 5.74) is 5.49. The number of nitrogens with one attached hydrogen (secondary N) is 2. The molecule has 16 heavy (non-hydrogen) atoms. The van der Waals surface area contributed by atoms with Crippen LogP contribution in [0, 0.1) is 0 Å². The minimum absolute atomic E-state index is 0.0688. The molecule has 7 heteroatoms. The molecule has 2 unspecified atom stereocenters. The van der Waals surface area contributed by atoms with E-state index in [9.17, 15) is 14.4 Å². The van der Waals surface area contributed by atoms with Crippen LogP contribution >= 0.6 is 0 Å². The predicted octanol–water partition coefficient (Wildman–Crippen LogP) is -3.08. The Morgan fingerprint density at radius 3 is 2.81 bits per heavy atom. The van der Waals surface area contributed by atoms with Crippen molar-refractivity contribution >= 4 is 17.5 Å². The number of aliphatic hydroxyl groups excluding tert-OH is 1. The van der Waals surface area contributed by atoms with Crippen LogP contribution in [-0.4, -0.2) is 54.4 Å². The number of carbonyl (C=O) groups excluding carboxylic acids is 3. The van der Waals surface area contributed by atoms with Gasteiger partial charge in [-0.05, 0) is 0 Å². The van der Waals surface area contributed by atoms with Crippen molar-refractivity contribution in [3.63, 3.8) is 0 Å². The Labute approximate surface area is 92.4 Å². The lowest BCUT2D eigenvalue weighted by Gasteiger charge is -2.13. The molecule has 5 N–H and O–H groups in total. The molecular weight excluding hydrogens is 214 g/mol. The first kappa shape index (κ1) is 12.8. The highest BCUT2D eigenvalue weighted by Gasteiger charge is 2.25. The van der Waals surface area contributed by atoms with Gasteiger partial charge < -0.3 is 16.2 Å².